The summed E-state index contributed by atoms with van der Waals surface area (Å²) in [6.45, 7) is 1.27. The summed E-state index contributed by atoms with van der Waals surface area (Å²) in [5.41, 5.74) is 2.20. The van der Waals surface area contributed by atoms with Gasteiger partial charge in [-0.2, -0.15) is 0 Å². The van der Waals surface area contributed by atoms with E-state index in [1.54, 1.807) is 0 Å². The molecule has 3 unspecified atom stereocenters. The van der Waals surface area contributed by atoms with E-state index in [4.69, 9.17) is 0 Å². The molecule has 0 heterocycles. The molecule has 19 heavy (non-hydrogen) atoms. The van der Waals surface area contributed by atoms with Gasteiger partial charge in [0, 0.05) is 23.8 Å². The molecule has 1 aromatic carbocycles. The van der Waals surface area contributed by atoms with Crippen LogP contribution in [0.15, 0.2) is 22.7 Å². The van der Waals surface area contributed by atoms with E-state index in [1.807, 2.05) is 6.07 Å². The maximum Gasteiger partial charge on any atom is 0.0692 e. The molecule has 3 rings (SSSR count). The van der Waals surface area contributed by atoms with Crippen molar-refractivity contribution in [3.63, 3.8) is 0 Å². The molecule has 1 N–H and O–H groups in total. The Bertz CT molecular complexity index is 462. The van der Waals surface area contributed by atoms with Crippen molar-refractivity contribution in [3.05, 3.63) is 28.2 Å². The predicted molar refractivity (Wildman–Crippen MR) is 82.3 cm³/mol. The molecule has 0 saturated heterocycles. The Morgan fingerprint density at radius 3 is 2.74 bits per heavy atom. The molecule has 2 fully saturated rings. The van der Waals surface area contributed by atoms with Gasteiger partial charge >= 0.3 is 0 Å². The summed E-state index contributed by atoms with van der Waals surface area (Å²) in [5, 5.41) is 9.21. The summed E-state index contributed by atoms with van der Waals surface area (Å²) < 4.78 is 1.01. The van der Waals surface area contributed by atoms with Gasteiger partial charge in [0.1, 0.15) is 0 Å². The van der Waals surface area contributed by atoms with Crippen LogP contribution in [0, 0.1) is 17.8 Å². The number of anilines is 1. The Labute approximate surface area is 123 Å². The monoisotopic (exact) mass is 323 g/mol. The number of aliphatic hydroxyl groups is 1. The van der Waals surface area contributed by atoms with Gasteiger partial charge in [-0.25, -0.2) is 0 Å². The fourth-order valence-corrected chi connectivity index (χ4v) is 4.45. The highest BCUT2D eigenvalue weighted by Crippen LogP contribution is 2.48. The first-order valence-corrected chi connectivity index (χ1v) is 8.07. The van der Waals surface area contributed by atoms with Crippen molar-refractivity contribution in [1.29, 1.82) is 0 Å². The summed E-state index contributed by atoms with van der Waals surface area (Å²) in [5.74, 6) is 2.89. The van der Waals surface area contributed by atoms with Gasteiger partial charge < -0.3 is 10.0 Å². The largest absolute Gasteiger partial charge is 0.392 e. The lowest BCUT2D eigenvalue weighted by Gasteiger charge is -2.28. The molecule has 2 nitrogen and oxygen atoms in total. The number of hydrogen-bond donors (Lipinski definition) is 1. The van der Waals surface area contributed by atoms with E-state index in [-0.39, 0.29) is 6.61 Å². The maximum absolute atomic E-state index is 9.21. The van der Waals surface area contributed by atoms with Gasteiger partial charge in [0.15, 0.2) is 0 Å². The number of halogens is 1. The number of benzene rings is 1. The van der Waals surface area contributed by atoms with Crippen LogP contribution in [-0.2, 0) is 6.61 Å². The number of hydrogen-bond acceptors (Lipinski definition) is 2. The van der Waals surface area contributed by atoms with Gasteiger partial charge in [-0.15, -0.1) is 0 Å². The van der Waals surface area contributed by atoms with Crippen LogP contribution in [0.1, 0.15) is 31.2 Å². The van der Waals surface area contributed by atoms with Crippen LogP contribution in [0.25, 0.3) is 0 Å². The number of rotatable bonds is 4. The minimum Gasteiger partial charge on any atom is -0.392 e. The molecule has 1 aromatic rings. The lowest BCUT2D eigenvalue weighted by molar-refractivity contribution is 0.281. The van der Waals surface area contributed by atoms with E-state index in [0.717, 1.165) is 27.8 Å². The van der Waals surface area contributed by atoms with Crippen LogP contribution in [0.2, 0.25) is 0 Å². The van der Waals surface area contributed by atoms with Crippen LogP contribution in [0.3, 0.4) is 0 Å². The molecule has 2 aliphatic rings. The van der Waals surface area contributed by atoms with Gasteiger partial charge in [-0.1, -0.05) is 28.4 Å². The zero-order valence-corrected chi connectivity index (χ0v) is 13.1. The van der Waals surface area contributed by atoms with Gasteiger partial charge in [-0.3, -0.25) is 0 Å². The van der Waals surface area contributed by atoms with Crippen molar-refractivity contribution >= 4 is 21.6 Å². The quantitative estimate of drug-likeness (QED) is 0.910. The standard InChI is InChI=1S/C16H22BrNO/c1-18(9-14-7-11-2-3-12(14)6-11)15-5-4-13(10-19)16(17)8-15/h4-5,8,11-12,14,19H,2-3,6-7,9-10H2,1H3. The van der Waals surface area contributed by atoms with Gasteiger partial charge in [0.05, 0.1) is 6.61 Å². The lowest BCUT2D eigenvalue weighted by Crippen LogP contribution is -2.28. The summed E-state index contributed by atoms with van der Waals surface area (Å²) in [7, 11) is 2.19. The van der Waals surface area contributed by atoms with Crippen molar-refractivity contribution < 1.29 is 5.11 Å². The van der Waals surface area contributed by atoms with Crippen LogP contribution in [0.4, 0.5) is 5.69 Å². The maximum atomic E-state index is 9.21. The smallest absolute Gasteiger partial charge is 0.0692 e. The molecule has 3 heteroatoms. The van der Waals surface area contributed by atoms with Crippen molar-refractivity contribution in [1.82, 2.24) is 0 Å². The molecule has 2 bridgehead atoms. The van der Waals surface area contributed by atoms with E-state index in [2.05, 4.69) is 40.0 Å². The first kappa shape index (κ1) is 13.4. The second-order valence-corrected chi connectivity index (χ2v) is 7.10. The second-order valence-electron chi connectivity index (χ2n) is 6.25. The minimum atomic E-state index is 0.0942. The Kier molecular flexibility index (Phi) is 3.86. The fraction of sp³-hybridized carbons (Fsp3) is 0.625. The molecular weight excluding hydrogens is 302 g/mol. The number of aliphatic hydroxyl groups excluding tert-OH is 1. The SMILES string of the molecule is CN(CC1CC2CCC1C2)c1ccc(CO)c(Br)c1. The van der Waals surface area contributed by atoms with Crippen LogP contribution >= 0.6 is 15.9 Å². The van der Waals surface area contributed by atoms with Crippen LogP contribution < -0.4 is 4.90 Å². The highest BCUT2D eigenvalue weighted by molar-refractivity contribution is 9.10. The lowest BCUT2D eigenvalue weighted by atomic mass is 9.88. The molecule has 104 valence electrons. The van der Waals surface area contributed by atoms with Gasteiger partial charge in [0.2, 0.25) is 0 Å². The molecule has 2 aliphatic carbocycles. The van der Waals surface area contributed by atoms with Crippen molar-refractivity contribution in [2.45, 2.75) is 32.3 Å². The van der Waals surface area contributed by atoms with Crippen molar-refractivity contribution in [3.8, 4) is 0 Å². The fourth-order valence-electron chi connectivity index (χ4n) is 3.96. The molecule has 0 radical (unpaired) electrons. The zero-order valence-electron chi connectivity index (χ0n) is 11.5. The Morgan fingerprint density at radius 1 is 1.32 bits per heavy atom. The van der Waals surface area contributed by atoms with Gasteiger partial charge in [-0.05, 0) is 54.7 Å². The topological polar surface area (TPSA) is 23.5 Å². The summed E-state index contributed by atoms with van der Waals surface area (Å²) in [6, 6.07) is 6.25. The minimum absolute atomic E-state index is 0.0942. The van der Waals surface area contributed by atoms with Crippen LogP contribution in [0.5, 0.6) is 0 Å². The molecule has 0 amide bonds. The molecule has 3 atom stereocenters. The third-order valence-electron chi connectivity index (χ3n) is 5.04. The highest BCUT2D eigenvalue weighted by Gasteiger charge is 2.39. The average Bonchev–Trinajstić information content (AvgIpc) is 3.00. The normalized spacial score (nSPS) is 28.9. The predicted octanol–water partition coefficient (Wildman–Crippen LogP) is 3.81. The first-order chi connectivity index (χ1) is 9.17. The van der Waals surface area contributed by atoms with Gasteiger partial charge in [0.25, 0.3) is 0 Å². The molecule has 2 saturated carbocycles. The Morgan fingerprint density at radius 2 is 2.16 bits per heavy atom. The first-order valence-electron chi connectivity index (χ1n) is 7.27. The van der Waals surface area contributed by atoms with E-state index < -0.39 is 0 Å². The van der Waals surface area contributed by atoms with E-state index in [1.165, 1.54) is 37.9 Å². The molecule has 0 aliphatic heterocycles. The third-order valence-corrected chi connectivity index (χ3v) is 5.78. The second kappa shape index (κ2) is 5.45. The zero-order chi connectivity index (χ0) is 13.4. The average molecular weight is 324 g/mol. The van der Waals surface area contributed by atoms with Crippen molar-refractivity contribution in [2.75, 3.05) is 18.5 Å². The third kappa shape index (κ3) is 2.68. The highest BCUT2D eigenvalue weighted by atomic mass is 79.9. The number of fused-ring (bicyclic) bond motifs is 2. The van der Waals surface area contributed by atoms with E-state index >= 15 is 0 Å². The Balaban J connectivity index is 1.67. The molecule has 0 spiro atoms. The Hall–Kier alpha value is -0.540. The van der Waals surface area contributed by atoms with E-state index in [9.17, 15) is 5.11 Å². The summed E-state index contributed by atoms with van der Waals surface area (Å²) >= 11 is 3.53. The molecular formula is C16H22BrNO. The van der Waals surface area contributed by atoms with Crippen LogP contribution in [-0.4, -0.2) is 18.7 Å². The summed E-state index contributed by atoms with van der Waals surface area (Å²) in [4.78, 5) is 2.37. The summed E-state index contributed by atoms with van der Waals surface area (Å²) in [6.07, 6.45) is 5.84. The molecule has 0 aromatic heterocycles. The van der Waals surface area contributed by atoms with E-state index in [0.29, 0.717) is 0 Å². The van der Waals surface area contributed by atoms with Crippen molar-refractivity contribution in [2.24, 2.45) is 17.8 Å². The number of nitrogens with zero attached hydrogens (tertiary/aromatic N) is 1.